The Morgan fingerprint density at radius 2 is 1.43 bits per heavy atom. The third-order valence-corrected chi connectivity index (χ3v) is 7.10. The van der Waals surface area contributed by atoms with Gasteiger partial charge in [0.25, 0.3) is 0 Å². The van der Waals surface area contributed by atoms with Crippen molar-refractivity contribution in [2.75, 3.05) is 13.6 Å². The van der Waals surface area contributed by atoms with Crippen LogP contribution in [-0.2, 0) is 24.1 Å². The quantitative estimate of drug-likeness (QED) is 0.112. The van der Waals surface area contributed by atoms with Gasteiger partial charge in [0.05, 0.1) is 6.26 Å². The summed E-state index contributed by atoms with van der Waals surface area (Å²) in [6.07, 6.45) is 8.87. The van der Waals surface area contributed by atoms with E-state index < -0.39 is 0 Å². The van der Waals surface area contributed by atoms with Gasteiger partial charge in [0.2, 0.25) is 0 Å². The Hall–Kier alpha value is -3.70. The van der Waals surface area contributed by atoms with Crippen molar-refractivity contribution in [2.24, 2.45) is 0 Å². The zero-order valence-corrected chi connectivity index (χ0v) is 30.1. The van der Waals surface area contributed by atoms with E-state index >= 15 is 0 Å². The molecule has 1 atom stereocenters. The number of aryl methyl sites for hydroxylation is 4. The van der Waals surface area contributed by atoms with Crippen LogP contribution in [0.5, 0.6) is 0 Å². The van der Waals surface area contributed by atoms with Gasteiger partial charge in [-0.3, -0.25) is 0 Å². The van der Waals surface area contributed by atoms with E-state index in [1.165, 1.54) is 96.1 Å². The summed E-state index contributed by atoms with van der Waals surface area (Å²) < 4.78 is 12.3. The van der Waals surface area contributed by atoms with Crippen molar-refractivity contribution in [1.29, 1.82) is 0 Å². The maximum absolute atomic E-state index is 12.3. The summed E-state index contributed by atoms with van der Waals surface area (Å²) in [6, 6.07) is 22.7. The number of Topliss-reactive ketones (excluding diaryl/α,β-unsaturated/α-hetero) is 1. The first-order valence-corrected chi connectivity index (χ1v) is 16.9. The van der Waals surface area contributed by atoms with Crippen molar-refractivity contribution in [3.05, 3.63) is 119 Å². The minimum Gasteiger partial charge on any atom is -0.516 e. The molecule has 0 fully saturated rings. The lowest BCUT2D eigenvalue weighted by Crippen LogP contribution is -2.07. The van der Waals surface area contributed by atoms with Gasteiger partial charge in [0.15, 0.2) is 0 Å². The largest absolute Gasteiger partial charge is 0.516 e. The van der Waals surface area contributed by atoms with Crippen LogP contribution in [0, 0.1) is 12.7 Å². The van der Waals surface area contributed by atoms with Crippen LogP contribution >= 0.6 is 0 Å². The molecule has 262 valence electrons. The number of unbranched alkanes of at least 4 members (excludes halogenated alkanes) is 1. The predicted octanol–water partition coefficient (Wildman–Crippen LogP) is 11.8. The summed E-state index contributed by atoms with van der Waals surface area (Å²) in [4.78, 5) is 13.2. The van der Waals surface area contributed by atoms with Crippen LogP contribution in [0.15, 0.2) is 79.6 Å². The highest BCUT2D eigenvalue weighted by atomic mass is 19.1. The van der Waals surface area contributed by atoms with E-state index in [4.69, 9.17) is 5.11 Å². The van der Waals surface area contributed by atoms with Crippen LogP contribution in [-0.4, -0.2) is 29.5 Å². The number of fused-ring (bicyclic) bond motifs is 1. The SMILES string of the molecule is C.C=CO.CC.CC(C)=O.CCCc1c(C(C)c2ccc(CCCCNC)cc2)[nH]c2ccc(C)cc12.CCCc1ccc(F)cc1. The number of hydrogen-bond acceptors (Lipinski definition) is 3. The summed E-state index contributed by atoms with van der Waals surface area (Å²) in [5.74, 6) is 0.400. The number of benzene rings is 3. The fourth-order valence-corrected chi connectivity index (χ4v) is 4.98. The highest BCUT2D eigenvalue weighted by molar-refractivity contribution is 5.85. The molecule has 3 aromatic carbocycles. The third-order valence-electron chi connectivity index (χ3n) is 7.10. The van der Waals surface area contributed by atoms with Gasteiger partial charge in [-0.25, -0.2) is 4.39 Å². The summed E-state index contributed by atoms with van der Waals surface area (Å²) in [6.45, 7) is 20.0. The number of carbonyl (C=O) groups is 1. The zero-order chi connectivity index (χ0) is 34.9. The Morgan fingerprint density at radius 1 is 0.915 bits per heavy atom. The van der Waals surface area contributed by atoms with Crippen molar-refractivity contribution in [1.82, 2.24) is 10.3 Å². The average Bonchev–Trinajstić information content (AvgIpc) is 3.39. The first-order valence-electron chi connectivity index (χ1n) is 16.9. The van der Waals surface area contributed by atoms with Crippen molar-refractivity contribution in [3.63, 3.8) is 0 Å². The van der Waals surface area contributed by atoms with Crippen LogP contribution in [0.25, 0.3) is 10.9 Å². The molecule has 0 saturated heterocycles. The van der Waals surface area contributed by atoms with Crippen LogP contribution in [0.1, 0.15) is 121 Å². The Morgan fingerprint density at radius 3 is 1.94 bits per heavy atom. The van der Waals surface area contributed by atoms with E-state index in [1.807, 2.05) is 33.0 Å². The third kappa shape index (κ3) is 18.3. The molecule has 5 heteroatoms. The van der Waals surface area contributed by atoms with Gasteiger partial charge < -0.3 is 20.2 Å². The number of halogens is 1. The van der Waals surface area contributed by atoms with E-state index in [1.54, 1.807) is 0 Å². The molecular weight excluding hydrogens is 583 g/mol. The Kier molecular flexibility index (Phi) is 26.5. The standard InChI is InChI=1S/C25H34N2.C9H11F.C3H6O.C2H4O.C2H6.CH4/c1-5-8-22-23-17-18(2)10-15-24(23)27-25(22)19(3)21-13-11-20(12-14-21)9-6-7-16-26-4;1-2-3-8-4-6-9(10)7-5-8;1-3(2)4;1-2-3;1-2;/h10-15,17,19,26-27H,5-9,16H2,1-4H3;4-7H,2-3H2,1H3;1-2H3;2-3H,1H2;1-2H3;1H4. The number of aliphatic hydroxyl groups excluding tert-OH is 1. The first kappa shape index (κ1) is 45.4. The number of hydrogen-bond donors (Lipinski definition) is 3. The average molecular weight is 649 g/mol. The lowest BCUT2D eigenvalue weighted by molar-refractivity contribution is -0.115. The van der Waals surface area contributed by atoms with Crippen molar-refractivity contribution in [3.8, 4) is 0 Å². The molecule has 4 nitrogen and oxygen atoms in total. The topological polar surface area (TPSA) is 65.1 Å². The fraction of sp³-hybridized carbons (Fsp3) is 0.452. The van der Waals surface area contributed by atoms with Gasteiger partial charge in [0.1, 0.15) is 11.6 Å². The molecule has 47 heavy (non-hydrogen) atoms. The molecule has 0 aliphatic rings. The van der Waals surface area contributed by atoms with E-state index in [9.17, 15) is 9.18 Å². The number of H-pyrrole nitrogens is 1. The number of aromatic amines is 1. The number of ketones is 1. The second-order valence-electron chi connectivity index (χ2n) is 11.3. The molecule has 0 bridgehead atoms. The first-order chi connectivity index (χ1) is 22.1. The van der Waals surface area contributed by atoms with Crippen molar-refractivity contribution in [2.45, 2.75) is 114 Å². The van der Waals surface area contributed by atoms with Crippen LogP contribution in [0.3, 0.4) is 0 Å². The summed E-state index contributed by atoms with van der Waals surface area (Å²) >= 11 is 0. The Balaban J connectivity index is 0. The molecule has 4 rings (SSSR count). The van der Waals surface area contributed by atoms with Gasteiger partial charge in [-0.15, -0.1) is 0 Å². The molecule has 0 saturated carbocycles. The van der Waals surface area contributed by atoms with Gasteiger partial charge in [-0.1, -0.05) is 109 Å². The number of rotatable bonds is 11. The van der Waals surface area contributed by atoms with E-state index in [-0.39, 0.29) is 19.0 Å². The van der Waals surface area contributed by atoms with E-state index in [0.29, 0.717) is 5.92 Å². The molecule has 1 aromatic heterocycles. The number of aliphatic hydroxyl groups is 1. The summed E-state index contributed by atoms with van der Waals surface area (Å²) in [7, 11) is 2.02. The normalized spacial score (nSPS) is 10.3. The monoisotopic (exact) mass is 649 g/mol. The molecule has 0 spiro atoms. The lowest BCUT2D eigenvalue weighted by atomic mass is 9.91. The molecule has 1 unspecified atom stereocenters. The van der Waals surface area contributed by atoms with E-state index in [0.717, 1.165) is 32.1 Å². The molecule has 3 N–H and O–H groups in total. The minimum atomic E-state index is -0.153. The number of nitrogens with one attached hydrogen (secondary N) is 2. The molecule has 4 aromatic rings. The van der Waals surface area contributed by atoms with Crippen LogP contribution < -0.4 is 5.32 Å². The van der Waals surface area contributed by atoms with Gasteiger partial charge in [-0.05, 0) is 113 Å². The smallest absolute Gasteiger partial charge is 0.126 e. The van der Waals surface area contributed by atoms with Gasteiger partial charge >= 0.3 is 0 Å². The summed E-state index contributed by atoms with van der Waals surface area (Å²) in [5, 5.41) is 12.0. The molecule has 1 heterocycles. The summed E-state index contributed by atoms with van der Waals surface area (Å²) in [5.41, 5.74) is 9.55. The van der Waals surface area contributed by atoms with Crippen LogP contribution in [0.2, 0.25) is 0 Å². The molecule has 0 radical (unpaired) electrons. The molecule has 0 amide bonds. The molecule has 0 aliphatic heterocycles. The second kappa shape index (κ2) is 27.4. The van der Waals surface area contributed by atoms with Gasteiger partial charge in [-0.2, -0.15) is 0 Å². The number of aromatic nitrogens is 1. The van der Waals surface area contributed by atoms with Crippen molar-refractivity contribution >= 4 is 16.7 Å². The maximum Gasteiger partial charge on any atom is 0.126 e. The highest BCUT2D eigenvalue weighted by Gasteiger charge is 2.18. The van der Waals surface area contributed by atoms with E-state index in [2.05, 4.69) is 87.0 Å². The lowest BCUT2D eigenvalue weighted by Gasteiger charge is -2.14. The fourth-order valence-electron chi connectivity index (χ4n) is 4.98. The zero-order valence-electron chi connectivity index (χ0n) is 30.1. The Bertz CT molecular complexity index is 1350. The minimum absolute atomic E-state index is 0. The number of carbonyl (C=O) groups excluding carboxylic acids is 1. The van der Waals surface area contributed by atoms with Crippen LogP contribution in [0.4, 0.5) is 4.39 Å². The molecular formula is C42H65FN2O2. The second-order valence-corrected chi connectivity index (χ2v) is 11.3. The maximum atomic E-state index is 12.3. The Labute approximate surface area is 286 Å². The molecule has 0 aliphatic carbocycles. The predicted molar refractivity (Wildman–Crippen MR) is 206 cm³/mol. The van der Waals surface area contributed by atoms with Gasteiger partial charge in [0, 0.05) is 22.5 Å². The highest BCUT2D eigenvalue weighted by Crippen LogP contribution is 2.33. The van der Waals surface area contributed by atoms with Crippen molar-refractivity contribution < 1.29 is 14.3 Å².